The van der Waals surface area contributed by atoms with E-state index in [0.717, 1.165) is 39.1 Å². The molecule has 0 bridgehead atoms. The Balaban J connectivity index is 1.10. The zero-order valence-electron chi connectivity index (χ0n) is 33.5. The predicted molar refractivity (Wildman–Crippen MR) is 260 cm³/mol. The third kappa shape index (κ3) is 6.09. The van der Waals surface area contributed by atoms with Crippen LogP contribution in [0.5, 0.6) is 0 Å². The van der Waals surface area contributed by atoms with Crippen molar-refractivity contribution in [2.75, 3.05) is 0 Å². The smallest absolute Gasteiger partial charge is 0.164 e. The Morgan fingerprint density at radius 3 is 1.69 bits per heavy atom. The van der Waals surface area contributed by atoms with E-state index in [9.17, 15) is 0 Å². The minimum Gasteiger partial charge on any atom is -0.309 e. The molecule has 0 spiro atoms. The van der Waals surface area contributed by atoms with Gasteiger partial charge in [-0.3, -0.25) is 0 Å². The van der Waals surface area contributed by atoms with Crippen LogP contribution >= 0.6 is 11.3 Å². The number of nitrogens with zero attached hydrogens (tertiary/aromatic N) is 4. The van der Waals surface area contributed by atoms with Gasteiger partial charge in [0.1, 0.15) is 6.33 Å². The van der Waals surface area contributed by atoms with Crippen molar-refractivity contribution >= 4 is 53.3 Å². The fourth-order valence-electron chi connectivity index (χ4n) is 9.11. The average molecular weight is 809 g/mol. The van der Waals surface area contributed by atoms with Gasteiger partial charge in [0.05, 0.1) is 11.0 Å². The minimum atomic E-state index is 0.628. The van der Waals surface area contributed by atoms with Gasteiger partial charge in [-0.25, -0.2) is 15.0 Å². The standard InChI is InChI=1S/C57H36N4S/c1-5-16-37(17-6-1)43-30-28-40(32-47(43)38-18-7-2-8-19-38)41-29-31-44(49(33-41)57-59-36-58-56(60-57)39-20-9-3-10-21-39)46-25-15-27-53-55(46)50-34-52-48(35-54(50)62-53)45-24-13-14-26-51(45)61(52)42-22-11-4-12-23-42/h1-36H. The van der Waals surface area contributed by atoms with E-state index in [1.54, 1.807) is 6.33 Å². The molecule has 0 unspecified atom stereocenters. The number of aromatic nitrogens is 4. The normalized spacial score (nSPS) is 11.5. The van der Waals surface area contributed by atoms with Crippen molar-refractivity contribution in [2.45, 2.75) is 0 Å². The lowest BCUT2D eigenvalue weighted by atomic mass is 9.89. The van der Waals surface area contributed by atoms with Gasteiger partial charge in [0, 0.05) is 47.8 Å². The van der Waals surface area contributed by atoms with Crippen molar-refractivity contribution in [2.24, 2.45) is 0 Å². The molecule has 290 valence electrons. The summed E-state index contributed by atoms with van der Waals surface area (Å²) in [6, 6.07) is 76.0. The highest BCUT2D eigenvalue weighted by molar-refractivity contribution is 7.26. The van der Waals surface area contributed by atoms with Crippen LogP contribution in [0.1, 0.15) is 0 Å². The van der Waals surface area contributed by atoms with Crippen LogP contribution in [0.2, 0.25) is 0 Å². The summed E-state index contributed by atoms with van der Waals surface area (Å²) >= 11 is 1.85. The fraction of sp³-hybridized carbons (Fsp3) is 0. The fourth-order valence-corrected chi connectivity index (χ4v) is 10.3. The second kappa shape index (κ2) is 14.9. The van der Waals surface area contributed by atoms with Gasteiger partial charge in [-0.15, -0.1) is 11.3 Å². The van der Waals surface area contributed by atoms with E-state index in [4.69, 9.17) is 9.97 Å². The molecule has 0 fully saturated rings. The quantitative estimate of drug-likeness (QED) is 0.161. The number of fused-ring (bicyclic) bond motifs is 6. The van der Waals surface area contributed by atoms with Gasteiger partial charge in [0.25, 0.3) is 0 Å². The zero-order chi connectivity index (χ0) is 41.0. The highest BCUT2D eigenvalue weighted by atomic mass is 32.1. The number of hydrogen-bond acceptors (Lipinski definition) is 4. The van der Waals surface area contributed by atoms with Crippen LogP contribution in [0.4, 0.5) is 0 Å². The molecule has 0 aliphatic rings. The highest BCUT2D eigenvalue weighted by Crippen LogP contribution is 2.46. The first-order valence-corrected chi connectivity index (χ1v) is 21.7. The Hall–Kier alpha value is -7.99. The first-order chi connectivity index (χ1) is 30.7. The molecule has 0 aliphatic carbocycles. The molecule has 0 radical (unpaired) electrons. The van der Waals surface area contributed by atoms with Crippen molar-refractivity contribution in [1.82, 2.24) is 19.5 Å². The molecule has 0 saturated carbocycles. The number of rotatable bonds is 7. The summed E-state index contributed by atoms with van der Waals surface area (Å²) in [5, 5.41) is 4.96. The van der Waals surface area contributed by atoms with Crippen molar-refractivity contribution < 1.29 is 0 Å². The number of benzene rings is 9. The lowest BCUT2D eigenvalue weighted by Gasteiger charge is -2.16. The monoisotopic (exact) mass is 808 g/mol. The summed E-state index contributed by atoms with van der Waals surface area (Å²) in [5.74, 6) is 1.27. The Labute approximate surface area is 362 Å². The molecule has 0 saturated heterocycles. The zero-order valence-corrected chi connectivity index (χ0v) is 34.3. The summed E-state index contributed by atoms with van der Waals surface area (Å²) in [4.78, 5) is 14.7. The predicted octanol–water partition coefficient (Wildman–Crippen LogP) is 15.3. The molecule has 4 nitrogen and oxygen atoms in total. The second-order valence-corrected chi connectivity index (χ2v) is 16.7. The van der Waals surface area contributed by atoms with Crippen LogP contribution in [0.3, 0.4) is 0 Å². The summed E-state index contributed by atoms with van der Waals surface area (Å²) in [5.41, 5.74) is 14.6. The van der Waals surface area contributed by atoms with Crippen molar-refractivity contribution in [3.05, 3.63) is 219 Å². The molecule has 62 heavy (non-hydrogen) atoms. The van der Waals surface area contributed by atoms with E-state index in [1.165, 1.54) is 64.2 Å². The lowest BCUT2D eigenvalue weighted by Crippen LogP contribution is -1.97. The van der Waals surface area contributed by atoms with Crippen molar-refractivity contribution in [1.29, 1.82) is 0 Å². The van der Waals surface area contributed by atoms with Gasteiger partial charge in [-0.2, -0.15) is 0 Å². The first kappa shape index (κ1) is 35.9. The van der Waals surface area contributed by atoms with Gasteiger partial charge in [-0.1, -0.05) is 164 Å². The molecule has 5 heteroatoms. The lowest BCUT2D eigenvalue weighted by molar-refractivity contribution is 1.07. The van der Waals surface area contributed by atoms with E-state index in [2.05, 4.69) is 192 Å². The van der Waals surface area contributed by atoms with Crippen LogP contribution in [0.15, 0.2) is 219 Å². The van der Waals surface area contributed by atoms with Gasteiger partial charge in [-0.05, 0) is 93.0 Å². The Morgan fingerprint density at radius 1 is 0.339 bits per heavy atom. The molecule has 0 N–H and O–H groups in total. The van der Waals surface area contributed by atoms with Crippen LogP contribution in [0.25, 0.3) is 115 Å². The molecule has 9 aromatic carbocycles. The van der Waals surface area contributed by atoms with E-state index in [-0.39, 0.29) is 0 Å². The van der Waals surface area contributed by atoms with Gasteiger partial charge in [0.15, 0.2) is 11.6 Å². The highest BCUT2D eigenvalue weighted by Gasteiger charge is 2.21. The van der Waals surface area contributed by atoms with E-state index in [0.29, 0.717) is 11.6 Å². The number of para-hydroxylation sites is 2. The molecule has 12 rings (SSSR count). The SMILES string of the molecule is c1ccc(-c2ncnc(-c3cc(-c4ccc(-c5ccccc5)c(-c5ccccc5)c4)ccc3-c3cccc4sc5cc6c7ccccc7n(-c7ccccc7)c6cc5c34)n2)cc1. The Morgan fingerprint density at radius 2 is 0.952 bits per heavy atom. The molecule has 0 aliphatic heterocycles. The third-order valence-electron chi connectivity index (χ3n) is 12.0. The van der Waals surface area contributed by atoms with E-state index in [1.807, 2.05) is 41.7 Å². The molecule has 0 amide bonds. The minimum absolute atomic E-state index is 0.628. The van der Waals surface area contributed by atoms with Gasteiger partial charge in [0.2, 0.25) is 0 Å². The van der Waals surface area contributed by atoms with Crippen LogP contribution in [-0.2, 0) is 0 Å². The molecule has 0 atom stereocenters. The van der Waals surface area contributed by atoms with Gasteiger partial charge >= 0.3 is 0 Å². The van der Waals surface area contributed by atoms with Crippen LogP contribution < -0.4 is 0 Å². The first-order valence-electron chi connectivity index (χ1n) is 20.8. The van der Waals surface area contributed by atoms with Gasteiger partial charge < -0.3 is 4.57 Å². The summed E-state index contributed by atoms with van der Waals surface area (Å²) in [7, 11) is 0. The summed E-state index contributed by atoms with van der Waals surface area (Å²) in [6.45, 7) is 0. The molecule has 3 aromatic heterocycles. The molecular weight excluding hydrogens is 773 g/mol. The number of hydrogen-bond donors (Lipinski definition) is 0. The maximum absolute atomic E-state index is 5.17. The Kier molecular flexibility index (Phi) is 8.65. The average Bonchev–Trinajstić information content (AvgIpc) is 3.89. The van der Waals surface area contributed by atoms with E-state index >= 15 is 0 Å². The van der Waals surface area contributed by atoms with Crippen LogP contribution in [-0.4, -0.2) is 19.5 Å². The number of thiophene rings is 1. The van der Waals surface area contributed by atoms with E-state index < -0.39 is 0 Å². The largest absolute Gasteiger partial charge is 0.309 e. The molecule has 12 aromatic rings. The maximum atomic E-state index is 5.17. The second-order valence-electron chi connectivity index (χ2n) is 15.6. The molecule has 3 heterocycles. The topological polar surface area (TPSA) is 43.6 Å². The Bertz CT molecular complexity index is 3610. The summed E-state index contributed by atoms with van der Waals surface area (Å²) < 4.78 is 4.90. The van der Waals surface area contributed by atoms with Crippen LogP contribution in [0, 0.1) is 0 Å². The third-order valence-corrected chi connectivity index (χ3v) is 13.1. The maximum Gasteiger partial charge on any atom is 0.164 e. The van der Waals surface area contributed by atoms with Crippen molar-refractivity contribution in [3.8, 4) is 73.0 Å². The summed E-state index contributed by atoms with van der Waals surface area (Å²) in [6.07, 6.45) is 1.64. The van der Waals surface area contributed by atoms with Crippen molar-refractivity contribution in [3.63, 3.8) is 0 Å². The molecular formula is C57H36N4S.